The summed E-state index contributed by atoms with van der Waals surface area (Å²) in [7, 11) is 0. The zero-order valence-corrected chi connectivity index (χ0v) is 12.3. The minimum Gasteiger partial charge on any atom is -0.310 e. The maximum absolute atomic E-state index is 4.17. The Hall–Kier alpha value is -1.08. The lowest BCUT2D eigenvalue weighted by atomic mass is 9.91. The number of benzene rings is 1. The van der Waals surface area contributed by atoms with Gasteiger partial charge in [0.1, 0.15) is 0 Å². The molecule has 1 N–H and O–H groups in total. The zero-order chi connectivity index (χ0) is 13.5. The van der Waals surface area contributed by atoms with Gasteiger partial charge in [0, 0.05) is 6.04 Å². The van der Waals surface area contributed by atoms with E-state index in [1.807, 2.05) is 0 Å². The van der Waals surface area contributed by atoms with Crippen molar-refractivity contribution in [3.63, 3.8) is 0 Å². The predicted octanol–water partition coefficient (Wildman–Crippen LogP) is 4.70. The molecule has 0 spiro atoms. The third kappa shape index (κ3) is 3.99. The van der Waals surface area contributed by atoms with Gasteiger partial charge in [0.2, 0.25) is 0 Å². The van der Waals surface area contributed by atoms with Crippen molar-refractivity contribution in [2.75, 3.05) is 6.54 Å². The van der Waals surface area contributed by atoms with Crippen molar-refractivity contribution in [2.45, 2.75) is 53.0 Å². The van der Waals surface area contributed by atoms with Crippen molar-refractivity contribution < 1.29 is 0 Å². The summed E-state index contributed by atoms with van der Waals surface area (Å²) < 4.78 is 0. The van der Waals surface area contributed by atoms with Crippen LogP contribution < -0.4 is 5.32 Å². The van der Waals surface area contributed by atoms with Crippen LogP contribution in [0.3, 0.4) is 0 Å². The summed E-state index contributed by atoms with van der Waals surface area (Å²) in [5.74, 6) is 0. The number of nitrogens with one attached hydrogen (secondary N) is 1. The molecule has 1 rings (SSSR count). The Morgan fingerprint density at radius 3 is 2.33 bits per heavy atom. The van der Waals surface area contributed by atoms with Crippen LogP contribution >= 0.6 is 0 Å². The van der Waals surface area contributed by atoms with Crippen LogP contribution in [0.2, 0.25) is 0 Å². The molecule has 0 saturated carbocycles. The lowest BCUT2D eigenvalue weighted by molar-refractivity contribution is 0.519. The lowest BCUT2D eigenvalue weighted by Crippen LogP contribution is -2.24. The highest BCUT2D eigenvalue weighted by atomic mass is 14.9. The number of rotatable bonds is 7. The van der Waals surface area contributed by atoms with Gasteiger partial charge < -0.3 is 5.32 Å². The molecular weight excluding hydrogens is 218 g/mol. The third-order valence-electron chi connectivity index (χ3n) is 3.52. The van der Waals surface area contributed by atoms with Crippen LogP contribution in [0, 0.1) is 13.8 Å². The van der Waals surface area contributed by atoms with E-state index in [1.54, 1.807) is 0 Å². The molecule has 0 bridgehead atoms. The highest BCUT2D eigenvalue weighted by Crippen LogP contribution is 2.27. The minimum atomic E-state index is 0.415. The second-order valence-electron chi connectivity index (χ2n) is 5.12. The first-order valence-electron chi connectivity index (χ1n) is 7.06. The van der Waals surface area contributed by atoms with Crippen molar-refractivity contribution in [1.82, 2.24) is 5.32 Å². The van der Waals surface area contributed by atoms with Gasteiger partial charge in [0.05, 0.1) is 0 Å². The fourth-order valence-corrected chi connectivity index (χ4v) is 2.40. The first-order valence-corrected chi connectivity index (χ1v) is 7.06. The second-order valence-corrected chi connectivity index (χ2v) is 5.12. The van der Waals surface area contributed by atoms with Gasteiger partial charge in [-0.05, 0) is 56.3 Å². The highest BCUT2D eigenvalue weighted by molar-refractivity contribution is 5.36. The van der Waals surface area contributed by atoms with E-state index in [4.69, 9.17) is 0 Å². The largest absolute Gasteiger partial charge is 0.310 e. The molecule has 0 saturated heterocycles. The molecular formula is C17H27N. The average Bonchev–Trinajstić information content (AvgIpc) is 2.35. The SMILES string of the molecule is C=C(CC)CC(NCCC)c1c(C)cccc1C. The fraction of sp³-hybridized carbons (Fsp3) is 0.529. The molecule has 0 aliphatic rings. The van der Waals surface area contributed by atoms with Gasteiger partial charge in [-0.2, -0.15) is 0 Å². The molecule has 0 aliphatic carbocycles. The van der Waals surface area contributed by atoms with Gasteiger partial charge in [0.25, 0.3) is 0 Å². The Morgan fingerprint density at radius 1 is 1.22 bits per heavy atom. The maximum atomic E-state index is 4.17. The molecule has 0 aliphatic heterocycles. The molecule has 0 aromatic heterocycles. The van der Waals surface area contributed by atoms with Gasteiger partial charge in [-0.1, -0.05) is 44.2 Å². The van der Waals surface area contributed by atoms with Crippen LogP contribution in [0.25, 0.3) is 0 Å². The van der Waals surface area contributed by atoms with Gasteiger partial charge in [-0.25, -0.2) is 0 Å². The summed E-state index contributed by atoms with van der Waals surface area (Å²) in [5.41, 5.74) is 5.55. The topological polar surface area (TPSA) is 12.0 Å². The predicted molar refractivity (Wildman–Crippen MR) is 81.0 cm³/mol. The van der Waals surface area contributed by atoms with Crippen molar-refractivity contribution >= 4 is 0 Å². The maximum Gasteiger partial charge on any atom is 0.0362 e. The van der Waals surface area contributed by atoms with Crippen molar-refractivity contribution in [3.8, 4) is 0 Å². The Morgan fingerprint density at radius 2 is 1.83 bits per heavy atom. The van der Waals surface area contributed by atoms with Crippen molar-refractivity contribution in [3.05, 3.63) is 47.0 Å². The summed E-state index contributed by atoms with van der Waals surface area (Å²) in [5, 5.41) is 3.67. The quantitative estimate of drug-likeness (QED) is 0.687. The van der Waals surface area contributed by atoms with E-state index < -0.39 is 0 Å². The summed E-state index contributed by atoms with van der Waals surface area (Å²) in [6, 6.07) is 6.97. The summed E-state index contributed by atoms with van der Waals surface area (Å²) in [6.07, 6.45) is 3.28. The van der Waals surface area contributed by atoms with E-state index >= 15 is 0 Å². The van der Waals surface area contributed by atoms with Gasteiger partial charge in [-0.15, -0.1) is 0 Å². The van der Waals surface area contributed by atoms with E-state index in [9.17, 15) is 0 Å². The lowest BCUT2D eigenvalue weighted by Gasteiger charge is -2.23. The first-order chi connectivity index (χ1) is 8.60. The van der Waals surface area contributed by atoms with E-state index in [2.05, 4.69) is 57.8 Å². The Bertz CT molecular complexity index is 372. The minimum absolute atomic E-state index is 0.415. The van der Waals surface area contributed by atoms with Crippen LogP contribution in [-0.2, 0) is 0 Å². The molecule has 1 aromatic rings. The third-order valence-corrected chi connectivity index (χ3v) is 3.52. The van der Waals surface area contributed by atoms with Crippen LogP contribution in [0.4, 0.5) is 0 Å². The van der Waals surface area contributed by atoms with Crippen LogP contribution in [0.15, 0.2) is 30.4 Å². The number of hydrogen-bond acceptors (Lipinski definition) is 1. The Balaban J connectivity index is 2.97. The van der Waals surface area contributed by atoms with Crippen molar-refractivity contribution in [1.29, 1.82) is 0 Å². The molecule has 1 aromatic carbocycles. The standard InChI is InChI=1S/C17H27N/c1-6-11-18-16(12-13(3)7-2)17-14(4)9-8-10-15(17)5/h8-10,16,18H,3,6-7,11-12H2,1-2,4-5H3. The van der Waals surface area contributed by atoms with Crippen molar-refractivity contribution in [2.24, 2.45) is 0 Å². The van der Waals surface area contributed by atoms with E-state index in [0.717, 1.165) is 19.4 Å². The molecule has 0 heterocycles. The highest BCUT2D eigenvalue weighted by Gasteiger charge is 2.15. The summed E-state index contributed by atoms with van der Waals surface area (Å²) >= 11 is 0. The Labute approximate surface area is 112 Å². The number of aryl methyl sites for hydroxylation is 2. The number of hydrogen-bond donors (Lipinski definition) is 1. The molecule has 1 nitrogen and oxygen atoms in total. The molecule has 18 heavy (non-hydrogen) atoms. The molecule has 0 radical (unpaired) electrons. The summed E-state index contributed by atoms with van der Waals surface area (Å²) in [6.45, 7) is 14.0. The molecule has 0 fully saturated rings. The molecule has 0 amide bonds. The smallest absolute Gasteiger partial charge is 0.0362 e. The second kappa shape index (κ2) is 7.38. The van der Waals surface area contributed by atoms with E-state index in [-0.39, 0.29) is 0 Å². The van der Waals surface area contributed by atoms with E-state index in [0.29, 0.717) is 6.04 Å². The molecule has 1 atom stereocenters. The Kier molecular flexibility index (Phi) is 6.14. The van der Waals surface area contributed by atoms with Crippen LogP contribution in [-0.4, -0.2) is 6.54 Å². The molecule has 1 heteroatoms. The fourth-order valence-electron chi connectivity index (χ4n) is 2.40. The normalized spacial score (nSPS) is 12.4. The van der Waals surface area contributed by atoms with E-state index in [1.165, 1.54) is 28.7 Å². The first kappa shape index (κ1) is 15.0. The average molecular weight is 245 g/mol. The molecule has 1 unspecified atom stereocenters. The van der Waals surface area contributed by atoms with Gasteiger partial charge >= 0.3 is 0 Å². The molecule has 100 valence electrons. The monoisotopic (exact) mass is 245 g/mol. The van der Waals surface area contributed by atoms with Crippen LogP contribution in [0.5, 0.6) is 0 Å². The zero-order valence-electron chi connectivity index (χ0n) is 12.3. The summed E-state index contributed by atoms with van der Waals surface area (Å²) in [4.78, 5) is 0. The van der Waals surface area contributed by atoms with Gasteiger partial charge in [0.15, 0.2) is 0 Å². The van der Waals surface area contributed by atoms with Gasteiger partial charge in [-0.3, -0.25) is 0 Å². The van der Waals surface area contributed by atoms with Crippen LogP contribution in [0.1, 0.15) is 55.8 Å².